The quantitative estimate of drug-likeness (QED) is 0.741. The smallest absolute Gasteiger partial charge is 0.251 e. The third-order valence-corrected chi connectivity index (χ3v) is 5.60. The van der Waals surface area contributed by atoms with Crippen LogP contribution < -0.4 is 10.6 Å². The molecule has 5 nitrogen and oxygen atoms in total. The molecule has 0 saturated heterocycles. The molecule has 5 heteroatoms. The summed E-state index contributed by atoms with van der Waals surface area (Å²) in [6.45, 7) is 2.59. The third-order valence-electron chi connectivity index (χ3n) is 5.60. The van der Waals surface area contributed by atoms with Gasteiger partial charge in [-0.05, 0) is 68.4 Å². The normalized spacial score (nSPS) is 19.1. The van der Waals surface area contributed by atoms with E-state index in [2.05, 4.69) is 10.6 Å². The Balaban J connectivity index is 1.60. The van der Waals surface area contributed by atoms with Gasteiger partial charge >= 0.3 is 0 Å². The monoisotopic (exact) mass is 380 g/mol. The molecule has 148 valence electrons. The van der Waals surface area contributed by atoms with Gasteiger partial charge in [0.2, 0.25) is 5.91 Å². The van der Waals surface area contributed by atoms with Crippen LogP contribution in [0, 0.1) is 18.8 Å². The first-order valence-electron chi connectivity index (χ1n) is 9.87. The zero-order chi connectivity index (χ0) is 20.1. The predicted molar refractivity (Wildman–Crippen MR) is 110 cm³/mol. The van der Waals surface area contributed by atoms with E-state index in [1.54, 1.807) is 19.2 Å². The zero-order valence-corrected chi connectivity index (χ0v) is 16.5. The summed E-state index contributed by atoms with van der Waals surface area (Å²) in [5.41, 5.74) is 3.18. The molecule has 1 aliphatic rings. The van der Waals surface area contributed by atoms with Crippen LogP contribution in [0.2, 0.25) is 0 Å². The molecule has 0 atom stereocenters. The predicted octanol–water partition coefficient (Wildman–Crippen LogP) is 3.65. The van der Waals surface area contributed by atoms with Gasteiger partial charge in [0, 0.05) is 30.6 Å². The van der Waals surface area contributed by atoms with E-state index in [1.165, 1.54) is 0 Å². The molecular formula is C23H28N2O3. The van der Waals surface area contributed by atoms with Crippen LogP contribution >= 0.6 is 0 Å². The molecule has 1 aliphatic carbocycles. The lowest BCUT2D eigenvalue weighted by Gasteiger charge is -2.27. The zero-order valence-electron chi connectivity index (χ0n) is 16.5. The lowest BCUT2D eigenvalue weighted by atomic mass is 9.81. The summed E-state index contributed by atoms with van der Waals surface area (Å²) in [6, 6.07) is 12.8. The number of carbonyl (C=O) groups excluding carboxylic acids is 2. The number of rotatable bonds is 5. The first-order chi connectivity index (χ1) is 13.5. The molecule has 1 saturated carbocycles. The lowest BCUT2D eigenvalue weighted by molar-refractivity contribution is -0.125. The van der Waals surface area contributed by atoms with Gasteiger partial charge in [0.15, 0.2) is 0 Å². The summed E-state index contributed by atoms with van der Waals surface area (Å²) in [5, 5.41) is 15.9. The summed E-state index contributed by atoms with van der Waals surface area (Å²) >= 11 is 0. The summed E-state index contributed by atoms with van der Waals surface area (Å²) < 4.78 is 0. The maximum atomic E-state index is 12.6. The molecule has 3 N–H and O–H groups in total. The van der Waals surface area contributed by atoms with Crippen LogP contribution in [0.3, 0.4) is 0 Å². The number of nitrogens with one attached hydrogen (secondary N) is 2. The number of benzene rings is 2. The lowest BCUT2D eigenvalue weighted by Crippen LogP contribution is -2.34. The van der Waals surface area contributed by atoms with E-state index in [9.17, 15) is 14.7 Å². The fourth-order valence-corrected chi connectivity index (χ4v) is 3.88. The second-order valence-corrected chi connectivity index (χ2v) is 7.64. The van der Waals surface area contributed by atoms with Gasteiger partial charge in [0.25, 0.3) is 5.91 Å². The number of aromatic hydroxyl groups is 1. The Labute approximate surface area is 166 Å². The van der Waals surface area contributed by atoms with E-state index in [1.807, 2.05) is 37.3 Å². The number of phenols is 1. The van der Waals surface area contributed by atoms with E-state index in [0.717, 1.165) is 42.4 Å². The van der Waals surface area contributed by atoms with Crippen molar-refractivity contribution in [2.75, 3.05) is 13.6 Å². The van der Waals surface area contributed by atoms with E-state index >= 15 is 0 Å². The highest BCUT2D eigenvalue weighted by molar-refractivity contribution is 5.95. The minimum atomic E-state index is -0.109. The minimum absolute atomic E-state index is 0.107. The van der Waals surface area contributed by atoms with E-state index in [-0.39, 0.29) is 23.5 Å². The van der Waals surface area contributed by atoms with Crippen molar-refractivity contribution in [1.29, 1.82) is 0 Å². The van der Waals surface area contributed by atoms with Crippen molar-refractivity contribution in [3.63, 3.8) is 0 Å². The van der Waals surface area contributed by atoms with Crippen molar-refractivity contribution in [2.45, 2.75) is 32.6 Å². The average molecular weight is 380 g/mol. The van der Waals surface area contributed by atoms with Gasteiger partial charge in [-0.1, -0.05) is 23.8 Å². The molecule has 2 aromatic rings. The molecule has 1 fully saturated rings. The number of phenolic OH excluding ortho intramolecular Hbond substituents is 1. The van der Waals surface area contributed by atoms with Gasteiger partial charge in [-0.15, -0.1) is 0 Å². The largest absolute Gasteiger partial charge is 0.507 e. The van der Waals surface area contributed by atoms with Gasteiger partial charge in [0.1, 0.15) is 5.75 Å². The highest BCUT2D eigenvalue weighted by Crippen LogP contribution is 2.31. The standard InChI is InChI=1S/C23H28N2O3/c1-15-6-11-21(26)20(12-15)18-4-3-5-19(13-18)23(28)25-14-16-7-9-17(10-8-16)22(27)24-2/h3-6,11-13,16-17,26H,7-10,14H2,1-2H3,(H,24,27)(H,25,28). The second kappa shape index (κ2) is 8.91. The van der Waals surface area contributed by atoms with Crippen molar-refractivity contribution in [3.8, 4) is 16.9 Å². The Kier molecular flexibility index (Phi) is 6.34. The number of carbonyl (C=O) groups is 2. The van der Waals surface area contributed by atoms with Crippen LogP contribution in [0.15, 0.2) is 42.5 Å². The van der Waals surface area contributed by atoms with Crippen molar-refractivity contribution in [1.82, 2.24) is 10.6 Å². The highest BCUT2D eigenvalue weighted by atomic mass is 16.3. The van der Waals surface area contributed by atoms with Gasteiger partial charge in [0.05, 0.1) is 0 Å². The average Bonchev–Trinajstić information content (AvgIpc) is 2.73. The highest BCUT2D eigenvalue weighted by Gasteiger charge is 2.25. The van der Waals surface area contributed by atoms with Crippen molar-refractivity contribution in [2.24, 2.45) is 11.8 Å². The Hall–Kier alpha value is -2.82. The van der Waals surface area contributed by atoms with Crippen molar-refractivity contribution >= 4 is 11.8 Å². The maximum Gasteiger partial charge on any atom is 0.251 e. The van der Waals surface area contributed by atoms with E-state index in [4.69, 9.17) is 0 Å². The number of amides is 2. The molecule has 3 rings (SSSR count). The second-order valence-electron chi connectivity index (χ2n) is 7.64. The van der Waals surface area contributed by atoms with Gasteiger partial charge in [-0.3, -0.25) is 9.59 Å². The Bertz CT molecular complexity index is 855. The van der Waals surface area contributed by atoms with Crippen molar-refractivity contribution < 1.29 is 14.7 Å². The van der Waals surface area contributed by atoms with Crippen LogP contribution in [-0.4, -0.2) is 30.5 Å². The summed E-state index contributed by atoms with van der Waals surface area (Å²) in [7, 11) is 1.68. The molecule has 2 amide bonds. The molecule has 0 aromatic heterocycles. The minimum Gasteiger partial charge on any atom is -0.507 e. The van der Waals surface area contributed by atoms with Crippen LogP contribution in [0.4, 0.5) is 0 Å². The Morgan fingerprint density at radius 1 is 1.07 bits per heavy atom. The van der Waals surface area contributed by atoms with Crippen molar-refractivity contribution in [3.05, 3.63) is 53.6 Å². The van der Waals surface area contributed by atoms with Gasteiger partial charge < -0.3 is 15.7 Å². The fourth-order valence-electron chi connectivity index (χ4n) is 3.88. The summed E-state index contributed by atoms with van der Waals surface area (Å²) in [5.74, 6) is 0.738. The van der Waals surface area contributed by atoms with Crippen LogP contribution in [0.5, 0.6) is 5.75 Å². The molecule has 0 unspecified atom stereocenters. The van der Waals surface area contributed by atoms with Gasteiger partial charge in [-0.2, -0.15) is 0 Å². The number of hydrogen-bond donors (Lipinski definition) is 3. The molecule has 0 heterocycles. The number of aryl methyl sites for hydroxylation is 1. The first-order valence-corrected chi connectivity index (χ1v) is 9.87. The molecule has 2 aromatic carbocycles. The molecule has 0 aliphatic heterocycles. The maximum absolute atomic E-state index is 12.6. The summed E-state index contributed by atoms with van der Waals surface area (Å²) in [6.07, 6.45) is 3.66. The summed E-state index contributed by atoms with van der Waals surface area (Å²) in [4.78, 5) is 24.3. The first kappa shape index (κ1) is 19.9. The Morgan fingerprint density at radius 3 is 2.54 bits per heavy atom. The third kappa shape index (κ3) is 4.71. The topological polar surface area (TPSA) is 78.4 Å². The van der Waals surface area contributed by atoms with Gasteiger partial charge in [-0.25, -0.2) is 0 Å². The van der Waals surface area contributed by atoms with E-state index in [0.29, 0.717) is 18.0 Å². The molecule has 0 radical (unpaired) electrons. The molecular weight excluding hydrogens is 352 g/mol. The van der Waals surface area contributed by atoms with Crippen LogP contribution in [-0.2, 0) is 4.79 Å². The molecule has 0 spiro atoms. The molecule has 28 heavy (non-hydrogen) atoms. The van der Waals surface area contributed by atoms with Crippen LogP contribution in [0.1, 0.15) is 41.6 Å². The molecule has 0 bridgehead atoms. The Morgan fingerprint density at radius 2 is 1.82 bits per heavy atom. The SMILES string of the molecule is CNC(=O)C1CCC(CNC(=O)c2cccc(-c3cc(C)ccc3O)c2)CC1. The van der Waals surface area contributed by atoms with E-state index < -0.39 is 0 Å². The fraction of sp³-hybridized carbons (Fsp3) is 0.391. The number of hydrogen-bond acceptors (Lipinski definition) is 3. The van der Waals surface area contributed by atoms with Crippen LogP contribution in [0.25, 0.3) is 11.1 Å².